The Balaban J connectivity index is 1.39. The zero-order valence-corrected chi connectivity index (χ0v) is 22.6. The third-order valence-electron chi connectivity index (χ3n) is 7.24. The maximum absolute atomic E-state index is 12.7. The van der Waals surface area contributed by atoms with Gasteiger partial charge in [0.2, 0.25) is 5.89 Å². The van der Waals surface area contributed by atoms with Crippen molar-refractivity contribution >= 4 is 30.3 Å². The Kier molecular flexibility index (Phi) is 6.77. The van der Waals surface area contributed by atoms with Crippen LogP contribution in [-0.4, -0.2) is 18.1 Å². The molecule has 1 aliphatic rings. The smallest absolute Gasteiger partial charge is 0.398 e. The fraction of sp³-hybridized carbons (Fsp3) is 0.310. The quantitative estimate of drug-likeness (QED) is 0.295. The molecule has 0 N–H and O–H groups in total. The highest BCUT2D eigenvalue weighted by Crippen LogP contribution is 2.44. The Hall–Kier alpha value is -2.93. The summed E-state index contributed by atoms with van der Waals surface area (Å²) in [5.74, 6) is 0.297. The summed E-state index contributed by atoms with van der Waals surface area (Å²) in [6, 6.07) is 28.8. The number of nitrogens with zero attached hydrogens (tertiary/aromatic N) is 2. The summed E-state index contributed by atoms with van der Waals surface area (Å²) in [6.45, 7) is 6.81. The van der Waals surface area contributed by atoms with Crippen molar-refractivity contribution in [1.29, 1.82) is 0 Å². The Morgan fingerprint density at radius 1 is 0.944 bits per heavy atom. The molecule has 7 heteroatoms. The number of rotatable bonds is 7. The molecule has 186 valence electrons. The number of halogens is 1. The van der Waals surface area contributed by atoms with Crippen LogP contribution in [0.4, 0.5) is 0 Å². The molecule has 5 nitrogen and oxygen atoms in total. The van der Waals surface area contributed by atoms with Crippen LogP contribution in [0.5, 0.6) is 0 Å². The lowest BCUT2D eigenvalue weighted by molar-refractivity contribution is 0.233. The van der Waals surface area contributed by atoms with Gasteiger partial charge in [-0.2, -0.15) is 4.68 Å². The predicted octanol–water partition coefficient (Wildman–Crippen LogP) is 5.69. The van der Waals surface area contributed by atoms with Gasteiger partial charge in [-0.25, -0.2) is 4.79 Å². The number of benzene rings is 3. The van der Waals surface area contributed by atoms with Crippen molar-refractivity contribution in [3.63, 3.8) is 0 Å². The molecule has 4 aromatic rings. The molecule has 0 bridgehead atoms. The van der Waals surface area contributed by atoms with E-state index in [1.54, 1.807) is 0 Å². The van der Waals surface area contributed by atoms with Gasteiger partial charge in [-0.1, -0.05) is 105 Å². The van der Waals surface area contributed by atoms with E-state index in [9.17, 15) is 4.79 Å². The van der Waals surface area contributed by atoms with Crippen LogP contribution in [0.3, 0.4) is 0 Å². The van der Waals surface area contributed by atoms with Crippen LogP contribution in [0.2, 0.25) is 10.1 Å². The number of aromatic nitrogens is 2. The highest BCUT2D eigenvalue weighted by atomic mass is 35.5. The molecule has 1 aliphatic carbocycles. The summed E-state index contributed by atoms with van der Waals surface area (Å²) in [7, 11) is -2.74. The molecule has 36 heavy (non-hydrogen) atoms. The average molecular weight is 519 g/mol. The van der Waals surface area contributed by atoms with Crippen molar-refractivity contribution in [3.05, 3.63) is 112 Å². The maximum atomic E-state index is 12.7. The second-order valence-corrected chi connectivity index (χ2v) is 15.3. The van der Waals surface area contributed by atoms with E-state index < -0.39 is 14.1 Å². The first kappa shape index (κ1) is 24.7. The minimum atomic E-state index is -2.74. The fourth-order valence-electron chi connectivity index (χ4n) is 5.34. The molecule has 1 fully saturated rings. The van der Waals surface area contributed by atoms with Crippen LogP contribution in [0, 0.1) is 0 Å². The maximum Gasteiger partial charge on any atom is 0.437 e. The molecular weight excluding hydrogens is 488 g/mol. The molecule has 3 aromatic carbocycles. The van der Waals surface area contributed by atoms with Crippen LogP contribution in [0.25, 0.3) is 0 Å². The van der Waals surface area contributed by atoms with E-state index in [0.717, 1.165) is 17.9 Å². The van der Waals surface area contributed by atoms with Crippen LogP contribution < -0.4 is 16.1 Å². The van der Waals surface area contributed by atoms with Gasteiger partial charge in [0.05, 0.1) is 6.04 Å². The van der Waals surface area contributed by atoms with Gasteiger partial charge in [0.25, 0.3) is 8.32 Å². The topological polar surface area (TPSA) is 57.3 Å². The molecule has 0 spiro atoms. The molecule has 1 heterocycles. The SMILES string of the molecule is CC(C)(C)[Si](OCc1nn(C2CC(c3ccc(Cl)cc3)C2)c(=O)o1)(c1ccccc1)c1ccccc1. The Morgan fingerprint density at radius 2 is 1.50 bits per heavy atom. The number of hydrogen-bond donors (Lipinski definition) is 0. The second kappa shape index (κ2) is 9.85. The normalized spacial score (nSPS) is 18.1. The van der Waals surface area contributed by atoms with Crippen molar-refractivity contribution < 1.29 is 8.84 Å². The molecule has 0 saturated heterocycles. The van der Waals surface area contributed by atoms with Crippen molar-refractivity contribution in [2.75, 3.05) is 0 Å². The summed E-state index contributed by atoms with van der Waals surface area (Å²) in [5, 5.41) is 7.47. The molecular formula is C29H31ClN2O3Si. The molecule has 0 radical (unpaired) electrons. The average Bonchev–Trinajstić information content (AvgIpc) is 3.20. The van der Waals surface area contributed by atoms with Gasteiger partial charge in [-0.05, 0) is 51.9 Å². The van der Waals surface area contributed by atoms with Crippen LogP contribution in [0.15, 0.2) is 94.1 Å². The Labute approximate surface area is 217 Å². The van der Waals surface area contributed by atoms with Gasteiger partial charge in [-0.3, -0.25) is 0 Å². The Bertz CT molecular complexity index is 1320. The van der Waals surface area contributed by atoms with Crippen LogP contribution in [-0.2, 0) is 11.0 Å². The van der Waals surface area contributed by atoms with Gasteiger partial charge in [0, 0.05) is 5.02 Å². The van der Waals surface area contributed by atoms with Gasteiger partial charge in [-0.15, -0.1) is 5.10 Å². The molecule has 0 amide bonds. The molecule has 0 aliphatic heterocycles. The van der Waals surface area contributed by atoms with E-state index in [-0.39, 0.29) is 17.7 Å². The summed E-state index contributed by atoms with van der Waals surface area (Å²) in [4.78, 5) is 12.7. The zero-order valence-electron chi connectivity index (χ0n) is 20.9. The monoisotopic (exact) mass is 518 g/mol. The summed E-state index contributed by atoms with van der Waals surface area (Å²) >= 11 is 6.02. The highest BCUT2D eigenvalue weighted by molar-refractivity contribution is 6.99. The minimum Gasteiger partial charge on any atom is -0.398 e. The second-order valence-electron chi connectivity index (χ2n) is 10.5. The molecule has 5 rings (SSSR count). The standard InChI is InChI=1S/C29H31ClN2O3Si/c1-29(2,3)36(25-10-6-4-7-11-25,26-12-8-5-9-13-26)34-20-27-31-32(28(33)35-27)24-18-22(19-24)21-14-16-23(30)17-15-21/h4-17,22,24H,18-20H2,1-3H3. The van der Waals surface area contributed by atoms with E-state index in [1.165, 1.54) is 20.6 Å². The molecule has 0 atom stereocenters. The summed E-state index contributed by atoms with van der Waals surface area (Å²) in [6.07, 6.45) is 1.70. The lowest BCUT2D eigenvalue weighted by Crippen LogP contribution is -2.66. The van der Waals surface area contributed by atoms with Crippen molar-refractivity contribution in [2.45, 2.75) is 57.2 Å². The van der Waals surface area contributed by atoms with E-state index in [0.29, 0.717) is 11.8 Å². The third kappa shape index (κ3) is 4.61. The van der Waals surface area contributed by atoms with E-state index in [2.05, 4.69) is 86.5 Å². The predicted molar refractivity (Wildman–Crippen MR) is 146 cm³/mol. The zero-order chi connectivity index (χ0) is 25.3. The largest absolute Gasteiger partial charge is 0.437 e. The van der Waals surface area contributed by atoms with E-state index >= 15 is 0 Å². The molecule has 0 unspecified atom stereocenters. The lowest BCUT2D eigenvalue weighted by Gasteiger charge is -2.42. The van der Waals surface area contributed by atoms with Gasteiger partial charge in [0.1, 0.15) is 6.61 Å². The van der Waals surface area contributed by atoms with Gasteiger partial charge < -0.3 is 8.84 Å². The lowest BCUT2D eigenvalue weighted by atomic mass is 9.76. The van der Waals surface area contributed by atoms with Crippen molar-refractivity contribution in [3.8, 4) is 0 Å². The van der Waals surface area contributed by atoms with Crippen molar-refractivity contribution in [1.82, 2.24) is 9.78 Å². The fourth-order valence-corrected chi connectivity index (χ4v) is 9.97. The highest BCUT2D eigenvalue weighted by Gasteiger charge is 2.50. The van der Waals surface area contributed by atoms with Gasteiger partial charge in [0.15, 0.2) is 0 Å². The first-order chi connectivity index (χ1) is 17.3. The number of hydrogen-bond acceptors (Lipinski definition) is 4. The van der Waals surface area contributed by atoms with Crippen LogP contribution >= 0.6 is 11.6 Å². The first-order valence-corrected chi connectivity index (χ1v) is 14.7. The minimum absolute atomic E-state index is 0.0311. The van der Waals surface area contributed by atoms with Crippen LogP contribution in [0.1, 0.15) is 57.0 Å². The van der Waals surface area contributed by atoms with E-state index in [1.807, 2.05) is 24.3 Å². The van der Waals surface area contributed by atoms with E-state index in [4.69, 9.17) is 20.4 Å². The summed E-state index contributed by atoms with van der Waals surface area (Å²) < 4.78 is 14.0. The summed E-state index contributed by atoms with van der Waals surface area (Å²) in [5.41, 5.74) is 1.24. The Morgan fingerprint density at radius 3 is 2.03 bits per heavy atom. The van der Waals surface area contributed by atoms with Gasteiger partial charge >= 0.3 is 5.76 Å². The first-order valence-electron chi connectivity index (χ1n) is 12.4. The molecule has 1 aromatic heterocycles. The third-order valence-corrected chi connectivity index (χ3v) is 12.5. The molecule has 1 saturated carbocycles. The van der Waals surface area contributed by atoms with Crippen molar-refractivity contribution in [2.24, 2.45) is 0 Å².